The van der Waals surface area contributed by atoms with E-state index >= 15 is 0 Å². The molecule has 1 atom stereocenters. The van der Waals surface area contributed by atoms with Crippen molar-refractivity contribution < 1.29 is 8.42 Å². The minimum atomic E-state index is -2.87. The van der Waals surface area contributed by atoms with Gasteiger partial charge in [0.15, 0.2) is 0 Å². The van der Waals surface area contributed by atoms with Crippen molar-refractivity contribution >= 4 is 21.6 Å². The lowest BCUT2D eigenvalue weighted by atomic mass is 10.0. The molecule has 0 spiro atoms. The van der Waals surface area contributed by atoms with E-state index in [-0.39, 0.29) is 11.8 Å². The van der Waals surface area contributed by atoms with Gasteiger partial charge in [-0.25, -0.2) is 8.42 Å². The number of benzene rings is 1. The van der Waals surface area contributed by atoms with E-state index in [1.807, 2.05) is 0 Å². The molecule has 0 amide bonds. The third-order valence-corrected chi connectivity index (χ3v) is 5.35. The molecule has 5 heteroatoms. The van der Waals surface area contributed by atoms with Gasteiger partial charge in [0.1, 0.15) is 9.84 Å². The average molecular weight is 301 g/mol. The van der Waals surface area contributed by atoms with E-state index < -0.39 is 9.84 Å². The van der Waals surface area contributed by atoms with Gasteiger partial charge in [-0.1, -0.05) is 19.1 Å². The Balaban J connectivity index is 2.62. The summed E-state index contributed by atoms with van der Waals surface area (Å²) < 4.78 is 22.2. The number of rotatable bonds is 7. The topological polar surface area (TPSA) is 60.2 Å². The molecular weight excluding hydrogens is 278 g/mol. The second-order valence-corrected chi connectivity index (χ2v) is 8.35. The van der Waals surface area contributed by atoms with Gasteiger partial charge in [-0.3, -0.25) is 0 Å². The lowest BCUT2D eigenvalue weighted by Gasteiger charge is -2.11. The summed E-state index contributed by atoms with van der Waals surface area (Å²) in [7, 11) is -2.87. The highest BCUT2D eigenvalue weighted by molar-refractivity contribution is 8.00. The van der Waals surface area contributed by atoms with E-state index in [1.165, 1.54) is 17.4 Å². The first-order valence-corrected chi connectivity index (χ1v) is 9.52. The van der Waals surface area contributed by atoms with Crippen LogP contribution in [-0.2, 0) is 16.3 Å². The van der Waals surface area contributed by atoms with Crippen molar-refractivity contribution in [3.05, 3.63) is 29.3 Å². The third-order valence-electron chi connectivity index (χ3n) is 2.97. The number of sulfone groups is 1. The maximum absolute atomic E-state index is 11.1. The Hall–Kier alpha value is -0.520. The van der Waals surface area contributed by atoms with Crippen molar-refractivity contribution in [3.63, 3.8) is 0 Å². The standard InChI is InChI=1S/C14H23NO2S2/c1-4-13(15)10-12-5-6-14(11(2)9-12)18-7-8-19(3,16)17/h5-6,9,13H,4,7-8,10,15H2,1-3H3. The minimum Gasteiger partial charge on any atom is -0.327 e. The summed E-state index contributed by atoms with van der Waals surface area (Å²) in [5.41, 5.74) is 8.39. The number of thioether (sulfide) groups is 1. The Bertz CT molecular complexity index is 512. The monoisotopic (exact) mass is 301 g/mol. The predicted molar refractivity (Wildman–Crippen MR) is 83.6 cm³/mol. The van der Waals surface area contributed by atoms with E-state index in [2.05, 4.69) is 32.0 Å². The molecule has 1 aromatic rings. The summed E-state index contributed by atoms with van der Waals surface area (Å²) in [6.45, 7) is 4.15. The second-order valence-electron chi connectivity index (χ2n) is 4.95. The van der Waals surface area contributed by atoms with E-state index in [1.54, 1.807) is 11.8 Å². The van der Waals surface area contributed by atoms with Gasteiger partial charge in [-0.05, 0) is 37.0 Å². The van der Waals surface area contributed by atoms with Gasteiger partial charge in [-0.2, -0.15) is 0 Å². The van der Waals surface area contributed by atoms with Gasteiger partial charge < -0.3 is 5.73 Å². The highest BCUT2D eigenvalue weighted by atomic mass is 32.2. The molecule has 0 heterocycles. The first-order chi connectivity index (χ1) is 8.81. The number of nitrogens with two attached hydrogens (primary N) is 1. The lowest BCUT2D eigenvalue weighted by molar-refractivity contribution is 0.603. The van der Waals surface area contributed by atoms with Gasteiger partial charge in [0.05, 0.1) is 5.75 Å². The zero-order chi connectivity index (χ0) is 14.5. The van der Waals surface area contributed by atoms with E-state index in [9.17, 15) is 8.42 Å². The Morgan fingerprint density at radius 2 is 2.05 bits per heavy atom. The van der Waals surface area contributed by atoms with Crippen LogP contribution >= 0.6 is 11.8 Å². The van der Waals surface area contributed by atoms with Gasteiger partial charge in [0, 0.05) is 22.9 Å². The Morgan fingerprint density at radius 3 is 2.58 bits per heavy atom. The van der Waals surface area contributed by atoms with Crippen LogP contribution in [0.1, 0.15) is 24.5 Å². The summed E-state index contributed by atoms with van der Waals surface area (Å²) in [5, 5.41) is 0. The summed E-state index contributed by atoms with van der Waals surface area (Å²) in [5.74, 6) is 0.826. The van der Waals surface area contributed by atoms with Crippen LogP contribution in [0.5, 0.6) is 0 Å². The fourth-order valence-corrected chi connectivity index (χ4v) is 3.97. The molecule has 1 rings (SSSR count). The normalized spacial score (nSPS) is 13.5. The molecule has 2 N–H and O–H groups in total. The molecular formula is C14H23NO2S2. The minimum absolute atomic E-state index is 0.211. The molecule has 19 heavy (non-hydrogen) atoms. The van der Waals surface area contributed by atoms with Crippen LogP contribution in [0.4, 0.5) is 0 Å². The molecule has 0 bridgehead atoms. The predicted octanol–water partition coefficient (Wildman–Crippen LogP) is 2.41. The maximum Gasteiger partial charge on any atom is 0.148 e. The SMILES string of the molecule is CCC(N)Cc1ccc(SCCS(C)(=O)=O)c(C)c1. The van der Waals surface area contributed by atoms with Crippen molar-refractivity contribution in [1.29, 1.82) is 0 Å². The van der Waals surface area contributed by atoms with Crippen LogP contribution in [0.3, 0.4) is 0 Å². The first-order valence-electron chi connectivity index (χ1n) is 6.47. The molecule has 0 radical (unpaired) electrons. The van der Waals surface area contributed by atoms with Crippen molar-refractivity contribution in [2.75, 3.05) is 17.8 Å². The van der Waals surface area contributed by atoms with Crippen LogP contribution in [-0.4, -0.2) is 32.2 Å². The number of aryl methyl sites for hydroxylation is 1. The van der Waals surface area contributed by atoms with Crippen molar-refractivity contribution in [2.24, 2.45) is 5.73 Å². The molecule has 0 aliphatic carbocycles. The van der Waals surface area contributed by atoms with Gasteiger partial charge in [-0.15, -0.1) is 11.8 Å². The number of hydrogen-bond donors (Lipinski definition) is 1. The van der Waals surface area contributed by atoms with Crippen LogP contribution < -0.4 is 5.73 Å². The third kappa shape index (κ3) is 6.45. The van der Waals surface area contributed by atoms with Crippen molar-refractivity contribution in [1.82, 2.24) is 0 Å². The van der Waals surface area contributed by atoms with Crippen molar-refractivity contribution in [2.45, 2.75) is 37.6 Å². The zero-order valence-corrected chi connectivity index (χ0v) is 13.5. The average Bonchev–Trinajstić information content (AvgIpc) is 2.30. The fourth-order valence-electron chi connectivity index (χ4n) is 1.75. The molecule has 0 saturated carbocycles. The van der Waals surface area contributed by atoms with Crippen LogP contribution in [0.2, 0.25) is 0 Å². The second kappa shape index (κ2) is 7.31. The molecule has 108 valence electrons. The molecule has 0 aromatic heterocycles. The van der Waals surface area contributed by atoms with Crippen molar-refractivity contribution in [3.8, 4) is 0 Å². The Morgan fingerprint density at radius 1 is 1.37 bits per heavy atom. The van der Waals surface area contributed by atoms with Gasteiger partial charge >= 0.3 is 0 Å². The molecule has 0 aliphatic heterocycles. The van der Waals surface area contributed by atoms with Crippen LogP contribution in [0.25, 0.3) is 0 Å². The smallest absolute Gasteiger partial charge is 0.148 e. The quantitative estimate of drug-likeness (QED) is 0.786. The summed E-state index contributed by atoms with van der Waals surface area (Å²) in [6.07, 6.45) is 3.14. The Labute approximate surface area is 120 Å². The van der Waals surface area contributed by atoms with E-state index in [0.29, 0.717) is 5.75 Å². The molecule has 0 fully saturated rings. The van der Waals surface area contributed by atoms with E-state index in [0.717, 1.165) is 17.7 Å². The van der Waals surface area contributed by atoms with E-state index in [4.69, 9.17) is 5.73 Å². The highest BCUT2D eigenvalue weighted by Gasteiger charge is 2.06. The van der Waals surface area contributed by atoms with Crippen LogP contribution in [0, 0.1) is 6.92 Å². The summed E-state index contributed by atoms with van der Waals surface area (Å²) in [4.78, 5) is 1.15. The summed E-state index contributed by atoms with van der Waals surface area (Å²) in [6, 6.07) is 6.52. The Kier molecular flexibility index (Phi) is 6.36. The highest BCUT2D eigenvalue weighted by Crippen LogP contribution is 2.24. The molecule has 1 unspecified atom stereocenters. The number of hydrogen-bond acceptors (Lipinski definition) is 4. The first kappa shape index (κ1) is 16.5. The maximum atomic E-state index is 11.1. The van der Waals surface area contributed by atoms with Crippen LogP contribution in [0.15, 0.2) is 23.1 Å². The lowest BCUT2D eigenvalue weighted by Crippen LogP contribution is -2.21. The molecule has 3 nitrogen and oxygen atoms in total. The zero-order valence-electron chi connectivity index (χ0n) is 11.8. The fraction of sp³-hybridized carbons (Fsp3) is 0.571. The van der Waals surface area contributed by atoms with Gasteiger partial charge in [0.25, 0.3) is 0 Å². The molecule has 1 aromatic carbocycles. The molecule has 0 saturated heterocycles. The molecule has 0 aliphatic rings. The van der Waals surface area contributed by atoms with Gasteiger partial charge in [0.2, 0.25) is 0 Å². The largest absolute Gasteiger partial charge is 0.327 e. The summed E-state index contributed by atoms with van der Waals surface area (Å²) >= 11 is 1.60.